The molecular formula is C21H20N4O3. The number of nitrogens with zero attached hydrogens (tertiary/aromatic N) is 4. The number of aromatic nitrogens is 2. The Bertz CT molecular complexity index is 1090. The first kappa shape index (κ1) is 17.9. The third kappa shape index (κ3) is 3.38. The van der Waals surface area contributed by atoms with Gasteiger partial charge >= 0.3 is 0 Å². The monoisotopic (exact) mass is 376 g/mol. The van der Waals surface area contributed by atoms with Crippen LogP contribution < -0.4 is 5.56 Å². The number of likely N-dealkylation sites (N-methyl/N-ethyl adjacent to an activating group) is 1. The van der Waals surface area contributed by atoms with Crippen molar-refractivity contribution < 1.29 is 9.59 Å². The molecule has 0 radical (unpaired) electrons. The molecule has 7 nitrogen and oxygen atoms in total. The molecule has 1 aliphatic rings. The fourth-order valence-corrected chi connectivity index (χ4v) is 3.52. The van der Waals surface area contributed by atoms with Gasteiger partial charge in [0.1, 0.15) is 11.7 Å². The summed E-state index contributed by atoms with van der Waals surface area (Å²) in [4.78, 5) is 45.4. The quantitative estimate of drug-likeness (QED) is 0.684. The lowest BCUT2D eigenvalue weighted by Gasteiger charge is -2.38. The summed E-state index contributed by atoms with van der Waals surface area (Å²) in [6.07, 6.45) is 2.07. The molecule has 1 aromatic carbocycles. The van der Waals surface area contributed by atoms with Crippen LogP contribution in [-0.4, -0.2) is 50.6 Å². The molecular weight excluding hydrogens is 356 g/mol. The van der Waals surface area contributed by atoms with Crippen LogP contribution in [0.25, 0.3) is 5.65 Å². The molecule has 0 aliphatic carbocycles. The van der Waals surface area contributed by atoms with E-state index in [1.54, 1.807) is 31.4 Å². The molecule has 0 saturated carbocycles. The minimum Gasteiger partial charge on any atom is -0.335 e. The molecule has 7 heteroatoms. The van der Waals surface area contributed by atoms with E-state index >= 15 is 0 Å². The minimum atomic E-state index is -0.621. The van der Waals surface area contributed by atoms with E-state index in [0.717, 1.165) is 5.56 Å². The maximum absolute atomic E-state index is 12.8. The van der Waals surface area contributed by atoms with Gasteiger partial charge in [-0.1, -0.05) is 36.4 Å². The number of piperazine rings is 1. The lowest BCUT2D eigenvalue weighted by molar-refractivity contribution is -0.155. The van der Waals surface area contributed by atoms with E-state index in [2.05, 4.69) is 4.98 Å². The van der Waals surface area contributed by atoms with E-state index in [-0.39, 0.29) is 30.5 Å². The van der Waals surface area contributed by atoms with Crippen LogP contribution >= 0.6 is 0 Å². The Kier molecular flexibility index (Phi) is 4.65. The summed E-state index contributed by atoms with van der Waals surface area (Å²) in [5.74, 6) is -0.265. The van der Waals surface area contributed by atoms with Crippen molar-refractivity contribution in [3.05, 3.63) is 82.4 Å². The van der Waals surface area contributed by atoms with Crippen LogP contribution in [0.5, 0.6) is 0 Å². The van der Waals surface area contributed by atoms with Crippen molar-refractivity contribution in [2.45, 2.75) is 19.0 Å². The van der Waals surface area contributed by atoms with E-state index in [1.165, 1.54) is 20.3 Å². The predicted molar refractivity (Wildman–Crippen MR) is 104 cm³/mol. The molecule has 1 aliphatic heterocycles. The van der Waals surface area contributed by atoms with Crippen LogP contribution in [0.15, 0.2) is 65.6 Å². The lowest BCUT2D eigenvalue weighted by atomic mass is 10.0. The normalized spacial score (nSPS) is 17.4. The largest absolute Gasteiger partial charge is 0.335 e. The first-order valence-electron chi connectivity index (χ1n) is 9.08. The molecule has 0 unspecified atom stereocenters. The molecule has 0 N–H and O–H groups in total. The van der Waals surface area contributed by atoms with Gasteiger partial charge in [-0.2, -0.15) is 0 Å². The number of fused-ring (bicyclic) bond motifs is 1. The molecule has 1 saturated heterocycles. The van der Waals surface area contributed by atoms with Gasteiger partial charge in [-0.25, -0.2) is 4.98 Å². The summed E-state index contributed by atoms with van der Waals surface area (Å²) in [5.41, 5.74) is 1.74. The van der Waals surface area contributed by atoms with Gasteiger partial charge < -0.3 is 9.80 Å². The Morgan fingerprint density at radius 3 is 2.57 bits per heavy atom. The second-order valence-corrected chi connectivity index (χ2v) is 6.94. The molecule has 3 heterocycles. The highest BCUT2D eigenvalue weighted by atomic mass is 16.2. The first-order chi connectivity index (χ1) is 13.5. The summed E-state index contributed by atoms with van der Waals surface area (Å²) >= 11 is 0. The standard InChI is InChI=1S/C21H20N4O3/c1-23-14-20(27)25(17(21(23)28)11-15-7-3-2-4-8-15)13-16-12-19(26)24-10-6-5-9-18(24)22-16/h2-10,12,17H,11,13-14H2,1H3/t17-/m1/s1. The molecule has 4 rings (SSSR count). The summed E-state index contributed by atoms with van der Waals surface area (Å²) in [6.45, 7) is 0.146. The fourth-order valence-electron chi connectivity index (χ4n) is 3.52. The van der Waals surface area contributed by atoms with Gasteiger partial charge in [0.25, 0.3) is 5.56 Å². The molecule has 1 fully saturated rings. The molecule has 0 bridgehead atoms. The maximum Gasteiger partial charge on any atom is 0.258 e. The molecule has 142 valence electrons. The Labute approximate surface area is 161 Å². The summed E-state index contributed by atoms with van der Waals surface area (Å²) in [7, 11) is 1.64. The van der Waals surface area contributed by atoms with Gasteiger partial charge in [-0.05, 0) is 17.7 Å². The average Bonchev–Trinajstić information content (AvgIpc) is 2.70. The van der Waals surface area contributed by atoms with E-state index in [1.807, 2.05) is 30.3 Å². The fraction of sp³-hybridized carbons (Fsp3) is 0.238. The van der Waals surface area contributed by atoms with Gasteiger partial charge in [0.2, 0.25) is 11.8 Å². The van der Waals surface area contributed by atoms with Crippen LogP contribution in [-0.2, 0) is 22.6 Å². The number of rotatable bonds is 4. The van der Waals surface area contributed by atoms with E-state index in [0.29, 0.717) is 17.8 Å². The summed E-state index contributed by atoms with van der Waals surface area (Å²) in [5, 5.41) is 0. The first-order valence-corrected chi connectivity index (χ1v) is 9.08. The minimum absolute atomic E-state index is 0.0245. The predicted octanol–water partition coefficient (Wildman–Crippen LogP) is 1.11. The molecule has 3 aromatic rings. The van der Waals surface area contributed by atoms with Crippen molar-refractivity contribution in [1.82, 2.24) is 19.2 Å². The lowest BCUT2D eigenvalue weighted by Crippen LogP contribution is -2.59. The second kappa shape index (κ2) is 7.26. The Morgan fingerprint density at radius 1 is 1.04 bits per heavy atom. The van der Waals surface area contributed by atoms with E-state index in [9.17, 15) is 14.4 Å². The Hall–Kier alpha value is -3.48. The van der Waals surface area contributed by atoms with Crippen LogP contribution in [0, 0.1) is 0 Å². The van der Waals surface area contributed by atoms with Crippen LogP contribution in [0.2, 0.25) is 0 Å². The number of amides is 2. The molecule has 2 amide bonds. The van der Waals surface area contributed by atoms with Crippen molar-refractivity contribution in [2.75, 3.05) is 13.6 Å². The number of hydrogen-bond acceptors (Lipinski definition) is 4. The zero-order valence-corrected chi connectivity index (χ0v) is 15.5. The van der Waals surface area contributed by atoms with Gasteiger partial charge in [0.05, 0.1) is 18.8 Å². The molecule has 0 spiro atoms. The number of benzene rings is 1. The van der Waals surface area contributed by atoms with Crippen molar-refractivity contribution >= 4 is 17.5 Å². The molecule has 28 heavy (non-hydrogen) atoms. The summed E-state index contributed by atoms with van der Waals surface area (Å²) < 4.78 is 1.45. The van der Waals surface area contributed by atoms with Crippen LogP contribution in [0.4, 0.5) is 0 Å². The highest BCUT2D eigenvalue weighted by Gasteiger charge is 2.37. The SMILES string of the molecule is CN1CC(=O)N(Cc2cc(=O)n3ccccc3n2)[C@H](Cc2ccccc2)C1=O. The topological polar surface area (TPSA) is 75.0 Å². The highest BCUT2D eigenvalue weighted by molar-refractivity contribution is 5.94. The molecule has 2 aromatic heterocycles. The summed E-state index contributed by atoms with van der Waals surface area (Å²) in [6, 6.07) is 15.7. The van der Waals surface area contributed by atoms with Gasteiger partial charge in [0.15, 0.2) is 0 Å². The smallest absolute Gasteiger partial charge is 0.258 e. The number of pyridine rings is 1. The van der Waals surface area contributed by atoms with Crippen molar-refractivity contribution in [3.8, 4) is 0 Å². The van der Waals surface area contributed by atoms with Gasteiger partial charge in [-0.3, -0.25) is 18.8 Å². The van der Waals surface area contributed by atoms with Crippen LogP contribution in [0.3, 0.4) is 0 Å². The Balaban J connectivity index is 1.68. The van der Waals surface area contributed by atoms with Crippen molar-refractivity contribution in [2.24, 2.45) is 0 Å². The maximum atomic E-state index is 12.8. The van der Waals surface area contributed by atoms with E-state index < -0.39 is 6.04 Å². The zero-order valence-electron chi connectivity index (χ0n) is 15.5. The zero-order chi connectivity index (χ0) is 19.7. The third-order valence-corrected chi connectivity index (χ3v) is 4.96. The number of carbonyl (C=O) groups excluding carboxylic acids is 2. The number of hydrogen-bond donors (Lipinski definition) is 0. The van der Waals surface area contributed by atoms with Crippen molar-refractivity contribution in [3.63, 3.8) is 0 Å². The average molecular weight is 376 g/mol. The highest BCUT2D eigenvalue weighted by Crippen LogP contribution is 2.19. The second-order valence-electron chi connectivity index (χ2n) is 6.94. The Morgan fingerprint density at radius 2 is 1.79 bits per heavy atom. The number of carbonyl (C=O) groups is 2. The van der Waals surface area contributed by atoms with Gasteiger partial charge in [0, 0.05) is 25.7 Å². The van der Waals surface area contributed by atoms with Gasteiger partial charge in [-0.15, -0.1) is 0 Å². The van der Waals surface area contributed by atoms with Crippen LogP contribution in [0.1, 0.15) is 11.3 Å². The molecule has 1 atom stereocenters. The third-order valence-electron chi connectivity index (χ3n) is 4.96. The van der Waals surface area contributed by atoms with E-state index in [4.69, 9.17) is 0 Å². The van der Waals surface area contributed by atoms with Crippen molar-refractivity contribution in [1.29, 1.82) is 0 Å².